The minimum absolute atomic E-state index is 0.148. The Morgan fingerprint density at radius 3 is 3.20 bits per heavy atom. The summed E-state index contributed by atoms with van der Waals surface area (Å²) >= 11 is 0. The molecule has 0 saturated carbocycles. The number of hydrogen-bond donors (Lipinski definition) is 2. The van der Waals surface area contributed by atoms with Crippen molar-refractivity contribution in [3.05, 3.63) is 24.0 Å². The summed E-state index contributed by atoms with van der Waals surface area (Å²) in [6.45, 7) is 0.526. The molecule has 0 bridgehead atoms. The van der Waals surface area contributed by atoms with Crippen LogP contribution in [0.4, 0.5) is 10.5 Å². The van der Waals surface area contributed by atoms with Gasteiger partial charge in [0.2, 0.25) is 0 Å². The van der Waals surface area contributed by atoms with Crippen LogP contribution in [0.5, 0.6) is 0 Å². The average Bonchev–Trinajstić information content (AvgIpc) is 2.24. The summed E-state index contributed by atoms with van der Waals surface area (Å²) < 4.78 is 4.51. The van der Waals surface area contributed by atoms with E-state index in [9.17, 15) is 4.79 Å². The molecule has 1 aromatic heterocycles. The number of carbonyl (C=O) groups is 1. The first kappa shape index (κ1) is 10.8. The topological polar surface area (TPSA) is 101 Å². The van der Waals surface area contributed by atoms with Crippen LogP contribution in [0, 0.1) is 11.3 Å². The zero-order valence-corrected chi connectivity index (χ0v) is 7.93. The lowest BCUT2D eigenvalue weighted by Gasteiger charge is -2.06. The molecule has 15 heavy (non-hydrogen) atoms. The largest absolute Gasteiger partial charge is 0.448 e. The van der Waals surface area contributed by atoms with Crippen LogP contribution in [0.3, 0.4) is 0 Å². The number of rotatable bonds is 4. The number of ether oxygens (including phenoxy) is 1. The molecule has 0 unspecified atom stereocenters. The van der Waals surface area contributed by atoms with Crippen molar-refractivity contribution in [3.8, 4) is 6.07 Å². The van der Waals surface area contributed by atoms with E-state index in [-0.39, 0.29) is 6.61 Å². The van der Waals surface area contributed by atoms with E-state index in [4.69, 9.17) is 11.0 Å². The number of nitrogens with one attached hydrogen (secondary N) is 1. The molecule has 6 heteroatoms. The van der Waals surface area contributed by atoms with E-state index in [1.54, 1.807) is 12.1 Å². The summed E-state index contributed by atoms with van der Waals surface area (Å²) in [5.74, 6) is 0. The SMILES string of the molecule is N#Cc1ncccc1NCCOC(N)=O. The molecule has 0 atom stereocenters. The van der Waals surface area contributed by atoms with Gasteiger partial charge in [-0.25, -0.2) is 9.78 Å². The van der Waals surface area contributed by atoms with Crippen LogP contribution in [-0.4, -0.2) is 24.2 Å². The highest BCUT2D eigenvalue weighted by molar-refractivity contribution is 5.64. The standard InChI is InChI=1S/C9H10N4O2/c10-6-8-7(2-1-3-12-8)13-4-5-15-9(11)14/h1-3,13H,4-5H2,(H2,11,14). The maximum atomic E-state index is 10.2. The van der Waals surface area contributed by atoms with E-state index in [1.165, 1.54) is 6.20 Å². The fourth-order valence-electron chi connectivity index (χ4n) is 0.974. The molecule has 0 spiro atoms. The Bertz CT molecular complexity index is 386. The molecule has 0 radical (unpaired) electrons. The molecule has 1 aromatic rings. The molecule has 0 aromatic carbocycles. The molecule has 78 valence electrons. The minimum Gasteiger partial charge on any atom is -0.448 e. The molecule has 0 saturated heterocycles. The highest BCUT2D eigenvalue weighted by Gasteiger charge is 2.00. The summed E-state index contributed by atoms with van der Waals surface area (Å²) in [6.07, 6.45) is 0.715. The van der Waals surface area contributed by atoms with E-state index in [0.29, 0.717) is 17.9 Å². The van der Waals surface area contributed by atoms with Crippen molar-refractivity contribution in [1.82, 2.24) is 4.98 Å². The Kier molecular flexibility index (Phi) is 3.91. The van der Waals surface area contributed by atoms with Crippen molar-refractivity contribution >= 4 is 11.8 Å². The monoisotopic (exact) mass is 206 g/mol. The number of amides is 1. The summed E-state index contributed by atoms with van der Waals surface area (Å²) in [5, 5.41) is 11.6. The number of primary amides is 1. The van der Waals surface area contributed by atoms with E-state index < -0.39 is 6.09 Å². The van der Waals surface area contributed by atoms with Crippen LogP contribution in [0.15, 0.2) is 18.3 Å². The molecule has 3 N–H and O–H groups in total. The third-order valence-electron chi connectivity index (χ3n) is 1.58. The van der Waals surface area contributed by atoms with Crippen molar-refractivity contribution in [3.63, 3.8) is 0 Å². The molecular weight excluding hydrogens is 196 g/mol. The maximum Gasteiger partial charge on any atom is 0.404 e. The first-order valence-corrected chi connectivity index (χ1v) is 4.25. The predicted molar refractivity (Wildman–Crippen MR) is 53.0 cm³/mol. The number of nitriles is 1. The van der Waals surface area contributed by atoms with Gasteiger partial charge in [0.25, 0.3) is 0 Å². The van der Waals surface area contributed by atoms with E-state index in [0.717, 1.165) is 0 Å². The van der Waals surface area contributed by atoms with Crippen molar-refractivity contribution in [1.29, 1.82) is 5.26 Å². The van der Waals surface area contributed by atoms with E-state index in [2.05, 4.69) is 15.0 Å². The second kappa shape index (κ2) is 5.44. The number of aromatic nitrogens is 1. The number of nitrogens with two attached hydrogens (primary N) is 1. The van der Waals surface area contributed by atoms with Crippen molar-refractivity contribution in [2.45, 2.75) is 0 Å². The molecule has 0 fully saturated rings. The van der Waals surface area contributed by atoms with Gasteiger partial charge >= 0.3 is 6.09 Å². The molecule has 1 rings (SSSR count). The van der Waals surface area contributed by atoms with Gasteiger partial charge in [0.1, 0.15) is 12.7 Å². The maximum absolute atomic E-state index is 10.2. The number of anilines is 1. The Balaban J connectivity index is 2.44. The van der Waals surface area contributed by atoms with Gasteiger partial charge in [0.05, 0.1) is 5.69 Å². The van der Waals surface area contributed by atoms with Crippen molar-refractivity contribution in [2.75, 3.05) is 18.5 Å². The average molecular weight is 206 g/mol. The predicted octanol–water partition coefficient (Wildman–Crippen LogP) is 0.460. The van der Waals surface area contributed by atoms with Gasteiger partial charge in [0.15, 0.2) is 5.69 Å². The van der Waals surface area contributed by atoms with Gasteiger partial charge in [-0.1, -0.05) is 0 Å². The summed E-state index contributed by atoms with van der Waals surface area (Å²) in [6, 6.07) is 5.36. The lowest BCUT2D eigenvalue weighted by atomic mass is 10.3. The number of hydrogen-bond acceptors (Lipinski definition) is 5. The van der Waals surface area contributed by atoms with Gasteiger partial charge < -0.3 is 15.8 Å². The van der Waals surface area contributed by atoms with Crippen LogP contribution in [0.1, 0.15) is 5.69 Å². The van der Waals surface area contributed by atoms with Crippen LogP contribution in [0.25, 0.3) is 0 Å². The normalized spacial score (nSPS) is 9.00. The molecule has 1 amide bonds. The number of pyridine rings is 1. The Morgan fingerprint density at radius 2 is 2.53 bits per heavy atom. The molecule has 0 aliphatic heterocycles. The number of carbonyl (C=O) groups excluding carboxylic acids is 1. The molecule has 6 nitrogen and oxygen atoms in total. The van der Waals surface area contributed by atoms with Gasteiger partial charge in [0, 0.05) is 12.7 Å². The smallest absolute Gasteiger partial charge is 0.404 e. The lowest BCUT2D eigenvalue weighted by Crippen LogP contribution is -2.18. The number of nitrogens with zero attached hydrogens (tertiary/aromatic N) is 2. The van der Waals surface area contributed by atoms with Crippen LogP contribution < -0.4 is 11.1 Å². The highest BCUT2D eigenvalue weighted by Crippen LogP contribution is 2.09. The Morgan fingerprint density at radius 1 is 1.73 bits per heavy atom. The van der Waals surface area contributed by atoms with Crippen LogP contribution in [-0.2, 0) is 4.74 Å². The van der Waals surface area contributed by atoms with Gasteiger partial charge in [-0.2, -0.15) is 5.26 Å². The zero-order valence-electron chi connectivity index (χ0n) is 7.93. The van der Waals surface area contributed by atoms with E-state index in [1.807, 2.05) is 6.07 Å². The van der Waals surface area contributed by atoms with Crippen molar-refractivity contribution < 1.29 is 9.53 Å². The third-order valence-corrected chi connectivity index (χ3v) is 1.58. The first-order chi connectivity index (χ1) is 7.24. The lowest BCUT2D eigenvalue weighted by molar-refractivity contribution is 0.161. The quantitative estimate of drug-likeness (QED) is 0.697. The fraction of sp³-hybridized carbons (Fsp3) is 0.222. The van der Waals surface area contributed by atoms with Gasteiger partial charge in [-0.3, -0.25) is 0 Å². The highest BCUT2D eigenvalue weighted by atomic mass is 16.5. The summed E-state index contributed by atoms with van der Waals surface area (Å²) in [5.41, 5.74) is 5.68. The van der Waals surface area contributed by atoms with Crippen LogP contribution in [0.2, 0.25) is 0 Å². The third kappa shape index (κ3) is 3.52. The molecule has 0 aliphatic rings. The fourth-order valence-corrected chi connectivity index (χ4v) is 0.974. The van der Waals surface area contributed by atoms with Crippen molar-refractivity contribution in [2.24, 2.45) is 5.73 Å². The van der Waals surface area contributed by atoms with Gasteiger partial charge in [-0.15, -0.1) is 0 Å². The summed E-state index contributed by atoms with van der Waals surface area (Å²) in [4.78, 5) is 14.1. The van der Waals surface area contributed by atoms with Gasteiger partial charge in [-0.05, 0) is 12.1 Å². The Hall–Kier alpha value is -2.29. The zero-order chi connectivity index (χ0) is 11.1. The second-order valence-electron chi connectivity index (χ2n) is 2.61. The Labute approximate surface area is 86.7 Å². The molecule has 0 aliphatic carbocycles. The first-order valence-electron chi connectivity index (χ1n) is 4.25. The molecular formula is C9H10N4O2. The minimum atomic E-state index is -0.816. The van der Waals surface area contributed by atoms with E-state index >= 15 is 0 Å². The molecule has 1 heterocycles. The summed E-state index contributed by atoms with van der Waals surface area (Å²) in [7, 11) is 0. The van der Waals surface area contributed by atoms with Crippen LogP contribution >= 0.6 is 0 Å². The second-order valence-corrected chi connectivity index (χ2v) is 2.61.